The van der Waals surface area contributed by atoms with Gasteiger partial charge in [0.15, 0.2) is 6.61 Å². The van der Waals surface area contributed by atoms with Crippen LogP contribution in [-0.4, -0.2) is 41.2 Å². The number of nitrogens with zero attached hydrogens (tertiary/aromatic N) is 1. The first kappa shape index (κ1) is 16.0. The van der Waals surface area contributed by atoms with E-state index in [4.69, 9.17) is 16.3 Å². The molecule has 6 heteroatoms. The predicted molar refractivity (Wildman–Crippen MR) is 77.9 cm³/mol. The maximum absolute atomic E-state index is 13.0. The normalized spacial score (nSPS) is 18.9. The molecule has 0 saturated carbocycles. The minimum atomic E-state index is -0.791. The summed E-state index contributed by atoms with van der Waals surface area (Å²) >= 11 is 5.65. The van der Waals surface area contributed by atoms with Gasteiger partial charge in [0.25, 0.3) is 5.91 Å². The smallest absolute Gasteiger partial charge is 0.260 e. The van der Waals surface area contributed by atoms with Crippen LogP contribution >= 0.6 is 11.6 Å². The number of rotatable bonds is 4. The van der Waals surface area contributed by atoms with Crippen molar-refractivity contribution in [3.63, 3.8) is 0 Å². The van der Waals surface area contributed by atoms with Crippen LogP contribution in [0.5, 0.6) is 5.75 Å². The van der Waals surface area contributed by atoms with Gasteiger partial charge in [-0.15, -0.1) is 0 Å². The zero-order valence-corrected chi connectivity index (χ0v) is 12.9. The van der Waals surface area contributed by atoms with Crippen molar-refractivity contribution in [2.75, 3.05) is 19.7 Å². The third-order valence-corrected chi connectivity index (χ3v) is 4.08. The topological polar surface area (TPSA) is 49.8 Å². The molecule has 1 amide bonds. The van der Waals surface area contributed by atoms with E-state index < -0.39 is 11.4 Å². The van der Waals surface area contributed by atoms with Gasteiger partial charge in [0.1, 0.15) is 11.6 Å². The summed E-state index contributed by atoms with van der Waals surface area (Å²) in [5, 5.41) is 9.92. The second-order valence-electron chi connectivity index (χ2n) is 5.84. The maximum atomic E-state index is 13.0. The zero-order chi connectivity index (χ0) is 15.6. The fraction of sp³-hybridized carbons (Fsp3) is 0.533. The minimum absolute atomic E-state index is 0.0387. The lowest BCUT2D eigenvalue weighted by Crippen LogP contribution is -2.37. The monoisotopic (exact) mass is 315 g/mol. The van der Waals surface area contributed by atoms with Gasteiger partial charge in [0.2, 0.25) is 0 Å². The van der Waals surface area contributed by atoms with Gasteiger partial charge in [-0.1, -0.05) is 11.6 Å². The Morgan fingerprint density at radius 3 is 2.86 bits per heavy atom. The Balaban J connectivity index is 1.87. The van der Waals surface area contributed by atoms with E-state index >= 15 is 0 Å². The van der Waals surface area contributed by atoms with E-state index in [1.54, 1.807) is 18.7 Å². The average molecular weight is 316 g/mol. The number of carbonyl (C=O) groups is 1. The summed E-state index contributed by atoms with van der Waals surface area (Å²) in [6, 6.07) is 3.97. The Morgan fingerprint density at radius 2 is 2.29 bits per heavy atom. The number of carbonyl (C=O) groups excluding carboxylic acids is 1. The van der Waals surface area contributed by atoms with E-state index in [-0.39, 0.29) is 23.5 Å². The molecule has 0 unspecified atom stereocenters. The molecule has 1 heterocycles. The van der Waals surface area contributed by atoms with Gasteiger partial charge in [-0.2, -0.15) is 0 Å². The summed E-state index contributed by atoms with van der Waals surface area (Å²) in [7, 11) is 0. The summed E-state index contributed by atoms with van der Waals surface area (Å²) in [6.45, 7) is 4.52. The number of ether oxygens (including phenoxy) is 1. The van der Waals surface area contributed by atoms with E-state index in [2.05, 4.69) is 0 Å². The van der Waals surface area contributed by atoms with Crippen LogP contribution in [0.1, 0.15) is 20.3 Å². The van der Waals surface area contributed by atoms with Crippen LogP contribution in [0.3, 0.4) is 0 Å². The molecule has 0 aliphatic carbocycles. The molecule has 21 heavy (non-hydrogen) atoms. The van der Waals surface area contributed by atoms with E-state index in [9.17, 15) is 14.3 Å². The van der Waals surface area contributed by atoms with Gasteiger partial charge < -0.3 is 14.7 Å². The number of amides is 1. The molecule has 1 aromatic carbocycles. The molecule has 0 radical (unpaired) electrons. The fourth-order valence-corrected chi connectivity index (χ4v) is 2.54. The van der Waals surface area contributed by atoms with Crippen molar-refractivity contribution >= 4 is 17.5 Å². The molecule has 1 fully saturated rings. The van der Waals surface area contributed by atoms with Crippen molar-refractivity contribution in [2.24, 2.45) is 5.92 Å². The van der Waals surface area contributed by atoms with Crippen LogP contribution in [0.15, 0.2) is 18.2 Å². The van der Waals surface area contributed by atoms with Gasteiger partial charge in [0.05, 0.1) is 10.6 Å². The van der Waals surface area contributed by atoms with Gasteiger partial charge in [0, 0.05) is 25.1 Å². The highest BCUT2D eigenvalue weighted by molar-refractivity contribution is 6.30. The van der Waals surface area contributed by atoms with E-state index in [0.717, 1.165) is 6.42 Å². The first-order valence-corrected chi connectivity index (χ1v) is 7.23. The van der Waals surface area contributed by atoms with Crippen LogP contribution < -0.4 is 4.74 Å². The second-order valence-corrected chi connectivity index (χ2v) is 6.25. The molecular weight excluding hydrogens is 297 g/mol. The van der Waals surface area contributed by atoms with E-state index in [1.807, 2.05) is 0 Å². The first-order valence-electron chi connectivity index (χ1n) is 6.85. The van der Waals surface area contributed by atoms with Gasteiger partial charge >= 0.3 is 0 Å². The Morgan fingerprint density at radius 1 is 1.57 bits per heavy atom. The molecule has 1 aliphatic rings. The zero-order valence-electron chi connectivity index (χ0n) is 12.1. The molecule has 4 nitrogen and oxygen atoms in total. The first-order chi connectivity index (χ1) is 9.77. The quantitative estimate of drug-likeness (QED) is 0.928. The number of hydrogen-bond acceptors (Lipinski definition) is 3. The van der Waals surface area contributed by atoms with Crippen LogP contribution in [0.25, 0.3) is 0 Å². The Kier molecular flexibility index (Phi) is 4.74. The number of hydrogen-bond donors (Lipinski definition) is 1. The molecule has 0 aromatic heterocycles. The third-order valence-electron chi connectivity index (χ3n) is 3.79. The lowest BCUT2D eigenvalue weighted by atomic mass is 9.90. The van der Waals surface area contributed by atoms with Crippen LogP contribution in [0.4, 0.5) is 4.39 Å². The number of benzene rings is 1. The van der Waals surface area contributed by atoms with Gasteiger partial charge in [-0.3, -0.25) is 4.79 Å². The van der Waals surface area contributed by atoms with E-state index in [1.165, 1.54) is 18.2 Å². The van der Waals surface area contributed by atoms with Crippen molar-refractivity contribution in [1.29, 1.82) is 0 Å². The Hall–Kier alpha value is -1.33. The van der Waals surface area contributed by atoms with Crippen molar-refractivity contribution in [1.82, 2.24) is 4.90 Å². The Bertz CT molecular complexity index is 530. The Labute approximate surface area is 128 Å². The standard InChI is InChI=1S/C15H19ClFNO3/c1-15(2,20)10-5-6-18(8-10)14(19)9-21-11-3-4-13(17)12(16)7-11/h3-4,7,10,20H,5-6,8-9H2,1-2H3/t10-/m1/s1. The summed E-state index contributed by atoms with van der Waals surface area (Å²) in [4.78, 5) is 13.7. The van der Waals surface area contributed by atoms with Crippen molar-refractivity contribution in [3.05, 3.63) is 29.0 Å². The minimum Gasteiger partial charge on any atom is -0.484 e. The lowest BCUT2D eigenvalue weighted by Gasteiger charge is -2.25. The van der Waals surface area contributed by atoms with Gasteiger partial charge in [-0.05, 0) is 32.4 Å². The van der Waals surface area contributed by atoms with E-state index in [0.29, 0.717) is 18.8 Å². The lowest BCUT2D eigenvalue weighted by molar-refractivity contribution is -0.132. The highest BCUT2D eigenvalue weighted by atomic mass is 35.5. The number of likely N-dealkylation sites (tertiary alicyclic amines) is 1. The fourth-order valence-electron chi connectivity index (χ4n) is 2.37. The van der Waals surface area contributed by atoms with Crippen molar-refractivity contribution < 1.29 is 19.0 Å². The molecule has 0 spiro atoms. The summed E-state index contributed by atoms with van der Waals surface area (Å²) in [5.41, 5.74) is -0.791. The number of halogens is 2. The van der Waals surface area contributed by atoms with Crippen molar-refractivity contribution in [2.45, 2.75) is 25.9 Å². The SMILES string of the molecule is CC(C)(O)[C@@H]1CCN(C(=O)COc2ccc(F)c(Cl)c2)C1. The summed E-state index contributed by atoms with van der Waals surface area (Å²) < 4.78 is 18.3. The molecule has 0 bridgehead atoms. The van der Waals surface area contributed by atoms with Crippen molar-refractivity contribution in [3.8, 4) is 5.75 Å². The van der Waals surface area contributed by atoms with Crippen LogP contribution in [0, 0.1) is 11.7 Å². The van der Waals surface area contributed by atoms with Crippen LogP contribution in [-0.2, 0) is 4.79 Å². The molecule has 2 rings (SSSR count). The molecule has 1 aliphatic heterocycles. The molecule has 116 valence electrons. The highest BCUT2D eigenvalue weighted by Crippen LogP contribution is 2.27. The maximum Gasteiger partial charge on any atom is 0.260 e. The molecule has 1 N–H and O–H groups in total. The summed E-state index contributed by atoms with van der Waals surface area (Å²) in [5.74, 6) is -0.250. The predicted octanol–water partition coefficient (Wildman–Crippen LogP) is 2.48. The molecular formula is C15H19ClFNO3. The highest BCUT2D eigenvalue weighted by Gasteiger charge is 2.35. The molecule has 1 aromatic rings. The largest absolute Gasteiger partial charge is 0.484 e. The average Bonchev–Trinajstić information content (AvgIpc) is 2.89. The third kappa shape index (κ3) is 4.08. The summed E-state index contributed by atoms with van der Waals surface area (Å²) in [6.07, 6.45) is 0.775. The number of aliphatic hydroxyl groups is 1. The molecule has 1 atom stereocenters. The molecule has 1 saturated heterocycles. The second kappa shape index (κ2) is 6.20. The van der Waals surface area contributed by atoms with Gasteiger partial charge in [-0.25, -0.2) is 4.39 Å². The van der Waals surface area contributed by atoms with Crippen LogP contribution in [0.2, 0.25) is 5.02 Å².